The van der Waals surface area contributed by atoms with E-state index in [2.05, 4.69) is 37.4 Å². The van der Waals surface area contributed by atoms with Crippen molar-refractivity contribution >= 4 is 0 Å². The third kappa shape index (κ3) is 3.04. The van der Waals surface area contributed by atoms with E-state index in [9.17, 15) is 0 Å². The van der Waals surface area contributed by atoms with Gasteiger partial charge in [0.25, 0.3) is 0 Å². The third-order valence-electron chi connectivity index (χ3n) is 5.30. The average molecular weight is 265 g/mol. The summed E-state index contributed by atoms with van der Waals surface area (Å²) in [5.74, 6) is 6.79. The molecule has 3 nitrogen and oxygen atoms in total. The molecule has 0 saturated heterocycles. The number of hydrogen-bond donors (Lipinski definition) is 2. The molecule has 3 heteroatoms. The van der Waals surface area contributed by atoms with Crippen molar-refractivity contribution < 1.29 is 0 Å². The van der Waals surface area contributed by atoms with Crippen molar-refractivity contribution in [1.82, 2.24) is 10.3 Å². The summed E-state index contributed by atoms with van der Waals surface area (Å²) in [6.07, 6.45) is 12.8. The second-order valence-corrected chi connectivity index (χ2v) is 6.82. The Morgan fingerprint density at radius 2 is 2.16 bits per heavy atom. The van der Waals surface area contributed by atoms with E-state index in [0.717, 1.165) is 5.92 Å². The molecule has 0 aromatic rings. The minimum absolute atomic E-state index is 0.204. The molecule has 3 unspecified atom stereocenters. The highest BCUT2D eigenvalue weighted by atomic mass is 15.3. The molecule has 2 aliphatic carbocycles. The van der Waals surface area contributed by atoms with Crippen LogP contribution in [0.2, 0.25) is 0 Å². The van der Waals surface area contributed by atoms with E-state index in [1.807, 2.05) is 0 Å². The first kappa shape index (κ1) is 15.0. The lowest BCUT2D eigenvalue weighted by molar-refractivity contribution is 0.0474. The number of allylic oxidation sites excluding steroid dienone is 1. The number of nitrogens with one attached hydrogen (secondary N) is 1. The smallest absolute Gasteiger partial charge is 0.0603 e. The Morgan fingerprint density at radius 1 is 1.37 bits per heavy atom. The monoisotopic (exact) mass is 265 g/mol. The summed E-state index contributed by atoms with van der Waals surface area (Å²) in [5.41, 5.74) is 4.93. The number of hydrazine groups is 1. The average Bonchev–Trinajstić information content (AvgIpc) is 2.40. The van der Waals surface area contributed by atoms with Crippen molar-refractivity contribution in [1.29, 1.82) is 0 Å². The summed E-state index contributed by atoms with van der Waals surface area (Å²) in [7, 11) is 4.46. The molecule has 1 saturated carbocycles. The molecular weight excluding hydrogens is 234 g/mol. The zero-order chi connectivity index (χ0) is 13.9. The number of nitrogens with two attached hydrogens (primary N) is 1. The second-order valence-electron chi connectivity index (χ2n) is 6.82. The van der Waals surface area contributed by atoms with Gasteiger partial charge in [0.2, 0.25) is 0 Å². The normalized spacial score (nSPS) is 34.2. The molecule has 2 rings (SSSR count). The van der Waals surface area contributed by atoms with Crippen LogP contribution in [0.4, 0.5) is 0 Å². The van der Waals surface area contributed by atoms with E-state index >= 15 is 0 Å². The van der Waals surface area contributed by atoms with Crippen molar-refractivity contribution in [2.45, 2.75) is 69.9 Å². The summed E-state index contributed by atoms with van der Waals surface area (Å²) in [4.78, 5) is 2.43. The van der Waals surface area contributed by atoms with Crippen molar-refractivity contribution in [2.75, 3.05) is 14.1 Å². The highest BCUT2D eigenvalue weighted by Gasteiger charge is 2.44. The molecule has 0 heterocycles. The summed E-state index contributed by atoms with van der Waals surface area (Å²) >= 11 is 0. The summed E-state index contributed by atoms with van der Waals surface area (Å²) < 4.78 is 0. The number of likely N-dealkylation sites (N-methyl/N-ethyl adjacent to an activating group) is 1. The molecule has 0 amide bonds. The van der Waals surface area contributed by atoms with Gasteiger partial charge in [-0.1, -0.05) is 31.4 Å². The second kappa shape index (κ2) is 6.38. The fraction of sp³-hybridized carbons (Fsp3) is 0.875. The zero-order valence-electron chi connectivity index (χ0n) is 12.9. The van der Waals surface area contributed by atoms with E-state index in [1.165, 1.54) is 51.4 Å². The largest absolute Gasteiger partial charge is 0.302 e. The molecule has 110 valence electrons. The van der Waals surface area contributed by atoms with Crippen LogP contribution in [0.15, 0.2) is 11.6 Å². The Balaban J connectivity index is 2.27. The molecule has 3 atom stereocenters. The lowest BCUT2D eigenvalue weighted by Gasteiger charge is -2.51. The Morgan fingerprint density at radius 3 is 2.68 bits per heavy atom. The predicted molar refractivity (Wildman–Crippen MR) is 81.7 cm³/mol. The maximum absolute atomic E-state index is 5.99. The van der Waals surface area contributed by atoms with Gasteiger partial charge in [-0.2, -0.15) is 0 Å². The van der Waals surface area contributed by atoms with E-state index in [-0.39, 0.29) is 5.54 Å². The van der Waals surface area contributed by atoms with Gasteiger partial charge in [-0.3, -0.25) is 11.3 Å². The van der Waals surface area contributed by atoms with Gasteiger partial charge in [-0.15, -0.1) is 0 Å². The maximum Gasteiger partial charge on any atom is 0.0603 e. The van der Waals surface area contributed by atoms with E-state index < -0.39 is 0 Å². The van der Waals surface area contributed by atoms with Crippen LogP contribution in [0.3, 0.4) is 0 Å². The number of rotatable bonds is 4. The minimum atomic E-state index is 0.204. The zero-order valence-corrected chi connectivity index (χ0v) is 12.9. The lowest BCUT2D eigenvalue weighted by atomic mass is 9.68. The van der Waals surface area contributed by atoms with Gasteiger partial charge < -0.3 is 4.90 Å². The van der Waals surface area contributed by atoms with Gasteiger partial charge in [-0.05, 0) is 58.5 Å². The molecule has 0 aromatic heterocycles. The van der Waals surface area contributed by atoms with Crippen LogP contribution in [0.5, 0.6) is 0 Å². The lowest BCUT2D eigenvalue weighted by Crippen LogP contribution is -2.63. The van der Waals surface area contributed by atoms with E-state index in [1.54, 1.807) is 5.57 Å². The number of nitrogens with zero attached hydrogens (tertiary/aromatic N) is 1. The van der Waals surface area contributed by atoms with E-state index in [0.29, 0.717) is 6.04 Å². The van der Waals surface area contributed by atoms with Crippen molar-refractivity contribution in [3.63, 3.8) is 0 Å². The Labute approximate surface area is 118 Å². The number of hydrogen-bond acceptors (Lipinski definition) is 3. The standard InChI is InChI=1S/C16H31N3/c1-13-8-7-11-16(12-13,19(2)3)15(18-17)14-9-5-4-6-10-14/h9,13,15,18H,4-8,10-12,17H2,1-3H3. The third-order valence-corrected chi connectivity index (χ3v) is 5.30. The van der Waals surface area contributed by atoms with Gasteiger partial charge in [0, 0.05) is 5.54 Å². The Bertz CT molecular complexity index is 324. The van der Waals surface area contributed by atoms with Gasteiger partial charge in [0.15, 0.2) is 0 Å². The summed E-state index contributed by atoms with van der Waals surface area (Å²) in [6.45, 7) is 2.39. The molecule has 3 N–H and O–H groups in total. The first-order valence-corrected chi connectivity index (χ1v) is 7.92. The molecule has 0 spiro atoms. The van der Waals surface area contributed by atoms with Crippen molar-refractivity contribution in [2.24, 2.45) is 11.8 Å². The fourth-order valence-corrected chi connectivity index (χ4v) is 4.22. The van der Waals surface area contributed by atoms with Crippen molar-refractivity contribution in [3.8, 4) is 0 Å². The molecule has 1 fully saturated rings. The van der Waals surface area contributed by atoms with Crippen LogP contribution in [0, 0.1) is 5.92 Å². The Kier molecular flexibility index (Phi) is 5.04. The first-order valence-electron chi connectivity index (χ1n) is 7.92. The SMILES string of the molecule is CC1CCCC(C(NN)C2=CCCCC2)(N(C)C)C1. The molecular formula is C16H31N3. The van der Waals surface area contributed by atoms with Gasteiger partial charge in [0.05, 0.1) is 6.04 Å². The van der Waals surface area contributed by atoms with Crippen LogP contribution in [0.1, 0.15) is 58.3 Å². The molecule has 2 aliphatic rings. The van der Waals surface area contributed by atoms with Crippen LogP contribution in [0.25, 0.3) is 0 Å². The topological polar surface area (TPSA) is 41.3 Å². The van der Waals surface area contributed by atoms with Crippen LogP contribution < -0.4 is 11.3 Å². The fourth-order valence-electron chi connectivity index (χ4n) is 4.22. The highest BCUT2D eigenvalue weighted by Crippen LogP contribution is 2.41. The van der Waals surface area contributed by atoms with Crippen molar-refractivity contribution in [3.05, 3.63) is 11.6 Å². The van der Waals surface area contributed by atoms with Crippen LogP contribution >= 0.6 is 0 Å². The minimum Gasteiger partial charge on any atom is -0.302 e. The van der Waals surface area contributed by atoms with Gasteiger partial charge >= 0.3 is 0 Å². The van der Waals surface area contributed by atoms with Gasteiger partial charge in [0.1, 0.15) is 0 Å². The first-order chi connectivity index (χ1) is 9.10. The summed E-state index contributed by atoms with van der Waals surface area (Å²) in [5, 5.41) is 0. The molecule has 0 aromatic carbocycles. The van der Waals surface area contributed by atoms with Crippen LogP contribution in [-0.4, -0.2) is 30.6 Å². The van der Waals surface area contributed by atoms with Crippen LogP contribution in [-0.2, 0) is 0 Å². The quantitative estimate of drug-likeness (QED) is 0.466. The summed E-state index contributed by atoms with van der Waals surface area (Å²) in [6, 6.07) is 0.325. The predicted octanol–water partition coefficient (Wildman–Crippen LogP) is 2.83. The molecule has 0 bridgehead atoms. The maximum atomic E-state index is 5.99. The van der Waals surface area contributed by atoms with E-state index in [4.69, 9.17) is 5.84 Å². The molecule has 19 heavy (non-hydrogen) atoms. The molecule has 0 radical (unpaired) electrons. The Hall–Kier alpha value is -0.380. The van der Waals surface area contributed by atoms with Gasteiger partial charge in [-0.25, -0.2) is 0 Å². The highest BCUT2D eigenvalue weighted by molar-refractivity contribution is 5.21. The molecule has 0 aliphatic heterocycles.